The molecule has 2 heterocycles. The SMILES string of the molecule is COc1cc(Nc2ncc3cc(-c4cc(C(=O)Nc5cc(C(C)(C)C)cc(NS(C)(=O)=O)c5OC)ccc4C)ccc3n2)ccc1C(=O)NCC1CCN(C)CC1. The molecule has 1 aromatic heterocycles. The van der Waals surface area contributed by atoms with Gasteiger partial charge < -0.3 is 30.3 Å². The van der Waals surface area contributed by atoms with Crippen molar-refractivity contribution in [2.24, 2.45) is 5.92 Å². The zero-order chi connectivity index (χ0) is 41.1. The molecule has 1 aliphatic rings. The van der Waals surface area contributed by atoms with Gasteiger partial charge in [-0.2, -0.15) is 0 Å². The molecule has 0 spiro atoms. The van der Waals surface area contributed by atoms with Gasteiger partial charge in [-0.25, -0.2) is 18.4 Å². The van der Waals surface area contributed by atoms with E-state index >= 15 is 0 Å². The first kappa shape index (κ1) is 40.9. The van der Waals surface area contributed by atoms with E-state index in [-0.39, 0.29) is 28.7 Å². The van der Waals surface area contributed by atoms with Crippen LogP contribution in [0.3, 0.4) is 0 Å². The highest BCUT2D eigenvalue weighted by Gasteiger charge is 2.23. The number of piperidine rings is 1. The van der Waals surface area contributed by atoms with Crippen LogP contribution in [0.4, 0.5) is 23.0 Å². The fourth-order valence-electron chi connectivity index (χ4n) is 6.86. The summed E-state index contributed by atoms with van der Waals surface area (Å²) in [6.45, 7) is 10.7. The summed E-state index contributed by atoms with van der Waals surface area (Å²) in [4.78, 5) is 38.4. The number of ether oxygens (including phenoxy) is 2. The lowest BCUT2D eigenvalue weighted by atomic mass is 9.86. The molecule has 1 saturated heterocycles. The van der Waals surface area contributed by atoms with E-state index in [2.05, 4.69) is 37.6 Å². The zero-order valence-corrected chi connectivity index (χ0v) is 34.6. The van der Waals surface area contributed by atoms with Crippen LogP contribution >= 0.6 is 0 Å². The Balaban J connectivity index is 1.19. The number of methoxy groups -OCH3 is 2. The number of carbonyl (C=O) groups is 2. The van der Waals surface area contributed by atoms with Gasteiger partial charge in [-0.3, -0.25) is 14.3 Å². The number of aromatic nitrogens is 2. The first-order valence-electron chi connectivity index (χ1n) is 18.8. The van der Waals surface area contributed by atoms with Crippen LogP contribution in [0.1, 0.15) is 65.5 Å². The topological polar surface area (TPSA) is 164 Å². The van der Waals surface area contributed by atoms with Crippen LogP contribution in [0.5, 0.6) is 11.5 Å². The molecule has 0 aliphatic carbocycles. The maximum atomic E-state index is 13.8. The number of anilines is 4. The Kier molecular flexibility index (Phi) is 12.0. The molecule has 0 atom stereocenters. The second kappa shape index (κ2) is 16.8. The molecule has 2 amide bonds. The number of nitrogens with zero attached hydrogens (tertiary/aromatic N) is 3. The third-order valence-corrected chi connectivity index (χ3v) is 10.8. The molecule has 1 fully saturated rings. The molecule has 4 N–H and O–H groups in total. The number of rotatable bonds is 12. The molecule has 57 heavy (non-hydrogen) atoms. The summed E-state index contributed by atoms with van der Waals surface area (Å²) in [6.07, 6.45) is 4.93. The van der Waals surface area contributed by atoms with Crippen LogP contribution < -0.4 is 30.1 Å². The largest absolute Gasteiger partial charge is 0.496 e. The summed E-state index contributed by atoms with van der Waals surface area (Å²) in [5.74, 6) is 0.951. The first-order valence-corrected chi connectivity index (χ1v) is 20.7. The highest BCUT2D eigenvalue weighted by Crippen LogP contribution is 2.39. The number of amides is 2. The average molecular weight is 794 g/mol. The molecule has 6 rings (SSSR count). The van der Waals surface area contributed by atoms with Gasteiger partial charge in [0, 0.05) is 35.4 Å². The molecule has 300 valence electrons. The molecular weight excluding hydrogens is 743 g/mol. The lowest BCUT2D eigenvalue weighted by Gasteiger charge is -2.29. The second-order valence-corrected chi connectivity index (χ2v) is 17.4. The fraction of sp³-hybridized carbons (Fsp3) is 0.349. The Morgan fingerprint density at radius 2 is 1.65 bits per heavy atom. The third kappa shape index (κ3) is 9.99. The molecule has 1 aliphatic heterocycles. The van der Waals surface area contributed by atoms with Gasteiger partial charge in [0.15, 0.2) is 5.75 Å². The summed E-state index contributed by atoms with van der Waals surface area (Å²) in [6, 6.07) is 20.1. The highest BCUT2D eigenvalue weighted by molar-refractivity contribution is 7.92. The van der Waals surface area contributed by atoms with Crippen molar-refractivity contribution < 1.29 is 27.5 Å². The minimum absolute atomic E-state index is 0.166. The van der Waals surface area contributed by atoms with Crippen molar-refractivity contribution in [1.29, 1.82) is 0 Å². The van der Waals surface area contributed by atoms with Gasteiger partial charge in [-0.1, -0.05) is 32.9 Å². The van der Waals surface area contributed by atoms with Gasteiger partial charge in [-0.15, -0.1) is 0 Å². The van der Waals surface area contributed by atoms with Crippen LogP contribution in [0.15, 0.2) is 72.9 Å². The van der Waals surface area contributed by atoms with Crippen molar-refractivity contribution in [2.45, 2.75) is 46.0 Å². The monoisotopic (exact) mass is 793 g/mol. The van der Waals surface area contributed by atoms with E-state index in [9.17, 15) is 18.0 Å². The summed E-state index contributed by atoms with van der Waals surface area (Å²) >= 11 is 0. The number of nitrogens with one attached hydrogen (secondary N) is 4. The van der Waals surface area contributed by atoms with Crippen molar-refractivity contribution in [3.8, 4) is 22.6 Å². The van der Waals surface area contributed by atoms with Gasteiger partial charge in [0.05, 0.1) is 42.9 Å². The van der Waals surface area contributed by atoms with E-state index < -0.39 is 10.0 Å². The van der Waals surface area contributed by atoms with E-state index in [1.165, 1.54) is 7.11 Å². The van der Waals surface area contributed by atoms with E-state index in [4.69, 9.17) is 14.5 Å². The van der Waals surface area contributed by atoms with Crippen molar-refractivity contribution in [2.75, 3.05) is 62.5 Å². The van der Waals surface area contributed by atoms with Crippen LogP contribution in [0.2, 0.25) is 0 Å². The molecule has 0 radical (unpaired) electrons. The number of fused-ring (bicyclic) bond motifs is 1. The van der Waals surface area contributed by atoms with Crippen LogP contribution in [-0.2, 0) is 15.4 Å². The Morgan fingerprint density at radius 1 is 0.912 bits per heavy atom. The van der Waals surface area contributed by atoms with Gasteiger partial charge in [0.2, 0.25) is 16.0 Å². The number of hydrogen-bond acceptors (Lipinski definition) is 10. The predicted molar refractivity (Wildman–Crippen MR) is 227 cm³/mol. The minimum Gasteiger partial charge on any atom is -0.496 e. The lowest BCUT2D eigenvalue weighted by molar-refractivity contribution is 0.0935. The van der Waals surface area contributed by atoms with E-state index in [1.807, 2.05) is 58.0 Å². The van der Waals surface area contributed by atoms with Crippen molar-refractivity contribution in [3.63, 3.8) is 0 Å². The van der Waals surface area contributed by atoms with Crippen LogP contribution in [0.25, 0.3) is 22.0 Å². The fourth-order valence-corrected chi connectivity index (χ4v) is 7.42. The quantitative estimate of drug-likeness (QED) is 0.100. The molecule has 4 aromatic carbocycles. The van der Waals surface area contributed by atoms with Gasteiger partial charge in [0.1, 0.15) is 5.75 Å². The van der Waals surface area contributed by atoms with Crippen LogP contribution in [-0.4, -0.2) is 82.3 Å². The smallest absolute Gasteiger partial charge is 0.255 e. The van der Waals surface area contributed by atoms with Crippen LogP contribution in [0, 0.1) is 12.8 Å². The van der Waals surface area contributed by atoms with E-state index in [1.54, 1.807) is 49.7 Å². The summed E-state index contributed by atoms with van der Waals surface area (Å²) in [7, 11) is 1.46. The van der Waals surface area contributed by atoms with Gasteiger partial charge >= 0.3 is 0 Å². The Morgan fingerprint density at radius 3 is 2.33 bits per heavy atom. The predicted octanol–water partition coefficient (Wildman–Crippen LogP) is 7.36. The van der Waals surface area contributed by atoms with Gasteiger partial charge in [0.25, 0.3) is 11.8 Å². The summed E-state index contributed by atoms with van der Waals surface area (Å²) in [5.41, 5.74) is 5.98. The summed E-state index contributed by atoms with van der Waals surface area (Å²) in [5, 5.41) is 10.1. The van der Waals surface area contributed by atoms with Gasteiger partial charge in [-0.05, 0) is 122 Å². The number of benzene rings is 4. The standard InChI is InChI=1S/C43H51N7O6S/c1-26-9-10-29(40(51)47-36-21-31(43(2,3)4)22-37(39(36)56-7)49-57(8,53)54)20-34(26)28-11-14-35-30(19-28)25-45-42(48-35)46-32-12-13-33(38(23-32)55-6)41(52)44-24-27-15-17-50(5)18-16-27/h9-14,19-23,25,27,49H,15-18,24H2,1-8H3,(H,44,52)(H,47,51)(H,45,46,48). The minimum atomic E-state index is -3.63. The number of hydrogen-bond donors (Lipinski definition) is 4. The number of aryl methyl sites for hydroxylation is 1. The molecule has 14 heteroatoms. The van der Waals surface area contributed by atoms with E-state index in [0.29, 0.717) is 52.2 Å². The number of carbonyl (C=O) groups excluding carboxylic acids is 2. The molecular formula is C43H51N7O6S. The average Bonchev–Trinajstić information content (AvgIpc) is 3.16. The molecule has 13 nitrogen and oxygen atoms in total. The lowest BCUT2D eigenvalue weighted by Crippen LogP contribution is -2.36. The zero-order valence-electron chi connectivity index (χ0n) is 33.7. The maximum absolute atomic E-state index is 13.8. The molecule has 0 bridgehead atoms. The normalized spacial score (nSPS) is 13.9. The Bertz CT molecular complexity index is 2420. The molecule has 0 unspecified atom stereocenters. The maximum Gasteiger partial charge on any atom is 0.255 e. The molecule has 0 saturated carbocycles. The van der Waals surface area contributed by atoms with E-state index in [0.717, 1.165) is 59.8 Å². The third-order valence-electron chi connectivity index (χ3n) is 10.2. The number of likely N-dealkylation sites (tertiary alicyclic amines) is 1. The van der Waals surface area contributed by atoms with Crippen molar-refractivity contribution in [1.82, 2.24) is 20.2 Å². The summed E-state index contributed by atoms with van der Waals surface area (Å²) < 4.78 is 38.1. The molecule has 5 aromatic rings. The number of sulfonamides is 1. The van der Waals surface area contributed by atoms with Crippen molar-refractivity contribution >= 4 is 55.8 Å². The first-order chi connectivity index (χ1) is 27.0. The Hall–Kier alpha value is -5.73. The second-order valence-electron chi connectivity index (χ2n) is 15.7. The Labute approximate surface area is 334 Å². The van der Waals surface area contributed by atoms with Crippen molar-refractivity contribution in [3.05, 3.63) is 95.2 Å². The highest BCUT2D eigenvalue weighted by atomic mass is 32.2.